The van der Waals surface area contributed by atoms with E-state index in [0.717, 1.165) is 37.8 Å². The van der Waals surface area contributed by atoms with Crippen molar-refractivity contribution in [1.29, 1.82) is 0 Å². The van der Waals surface area contributed by atoms with E-state index in [0.29, 0.717) is 17.3 Å². The van der Waals surface area contributed by atoms with Crippen LogP contribution in [0.2, 0.25) is 0 Å². The van der Waals surface area contributed by atoms with Crippen molar-refractivity contribution in [2.24, 2.45) is 0 Å². The van der Waals surface area contributed by atoms with E-state index in [9.17, 15) is 4.79 Å². The lowest BCUT2D eigenvalue weighted by Crippen LogP contribution is -2.43. The van der Waals surface area contributed by atoms with Gasteiger partial charge in [0.15, 0.2) is 0 Å². The smallest absolute Gasteiger partial charge is 0.215 e. The SMILES string of the molecule is Nc1ncccc1C(=O)c1cccc(N2CCC(NC3CC3)CC2)n1.[HH].[HH]. The number of hydrogen-bond donors (Lipinski definition) is 2. The standard InChI is InChI=1S/C19H23N5O.2H2/c20-19-15(3-2-10-21-19)18(25)16-4-1-5-17(23-16)24-11-8-14(9-12-24)22-13-6-7-13;;/h1-5,10,13-14,22H,6-9,11-12H2,(H2,20,21);2*1H. The van der Waals surface area contributed by atoms with Crippen LogP contribution < -0.4 is 16.0 Å². The van der Waals surface area contributed by atoms with Crippen molar-refractivity contribution in [2.45, 2.75) is 37.8 Å². The largest absolute Gasteiger partial charge is 0.383 e. The number of nitrogen functional groups attached to an aromatic ring is 1. The molecule has 2 fully saturated rings. The van der Waals surface area contributed by atoms with Crippen LogP contribution in [-0.4, -0.2) is 40.9 Å². The van der Waals surface area contributed by atoms with Crippen LogP contribution in [0.3, 0.4) is 0 Å². The molecule has 25 heavy (non-hydrogen) atoms. The van der Waals surface area contributed by atoms with Gasteiger partial charge in [0, 0.05) is 34.2 Å². The van der Waals surface area contributed by atoms with E-state index >= 15 is 0 Å². The van der Waals surface area contributed by atoms with E-state index in [4.69, 9.17) is 5.73 Å². The molecule has 1 saturated carbocycles. The van der Waals surface area contributed by atoms with Gasteiger partial charge in [0.05, 0.1) is 5.56 Å². The van der Waals surface area contributed by atoms with Crippen LogP contribution >= 0.6 is 0 Å². The summed E-state index contributed by atoms with van der Waals surface area (Å²) >= 11 is 0. The molecular formula is C19H27N5O. The van der Waals surface area contributed by atoms with E-state index in [-0.39, 0.29) is 14.5 Å². The van der Waals surface area contributed by atoms with E-state index < -0.39 is 0 Å². The molecule has 6 nitrogen and oxygen atoms in total. The van der Waals surface area contributed by atoms with Gasteiger partial charge in [0.25, 0.3) is 0 Å². The van der Waals surface area contributed by atoms with Crippen molar-refractivity contribution in [3.8, 4) is 0 Å². The summed E-state index contributed by atoms with van der Waals surface area (Å²) in [5.74, 6) is 0.919. The fraction of sp³-hybridized carbons (Fsp3) is 0.421. The van der Waals surface area contributed by atoms with Gasteiger partial charge in [-0.15, -0.1) is 0 Å². The van der Waals surface area contributed by atoms with Crippen LogP contribution in [-0.2, 0) is 0 Å². The number of ketones is 1. The number of anilines is 2. The predicted molar refractivity (Wildman–Crippen MR) is 102 cm³/mol. The molecule has 2 aromatic rings. The highest BCUT2D eigenvalue weighted by Gasteiger charge is 2.27. The second-order valence-electron chi connectivity index (χ2n) is 6.85. The summed E-state index contributed by atoms with van der Waals surface area (Å²) in [7, 11) is 0. The maximum atomic E-state index is 12.7. The summed E-state index contributed by atoms with van der Waals surface area (Å²) in [5.41, 5.74) is 6.64. The maximum absolute atomic E-state index is 12.7. The van der Waals surface area contributed by atoms with Crippen molar-refractivity contribution < 1.29 is 7.65 Å². The number of carbonyl (C=O) groups excluding carboxylic acids is 1. The van der Waals surface area contributed by atoms with E-state index in [1.807, 2.05) is 12.1 Å². The van der Waals surface area contributed by atoms with Gasteiger partial charge in [-0.25, -0.2) is 9.97 Å². The van der Waals surface area contributed by atoms with Gasteiger partial charge in [0.1, 0.15) is 17.3 Å². The quantitative estimate of drug-likeness (QED) is 0.813. The van der Waals surface area contributed by atoms with Gasteiger partial charge < -0.3 is 16.0 Å². The first-order chi connectivity index (χ1) is 12.2. The van der Waals surface area contributed by atoms with E-state index in [2.05, 4.69) is 20.2 Å². The molecule has 0 aromatic carbocycles. The van der Waals surface area contributed by atoms with Crippen LogP contribution in [0.4, 0.5) is 11.6 Å². The van der Waals surface area contributed by atoms with Gasteiger partial charge in [-0.3, -0.25) is 4.79 Å². The number of aromatic nitrogens is 2. The minimum absolute atomic E-state index is 0. The van der Waals surface area contributed by atoms with E-state index in [1.54, 1.807) is 24.4 Å². The molecule has 1 aliphatic carbocycles. The Morgan fingerprint density at radius 2 is 1.88 bits per heavy atom. The second-order valence-corrected chi connectivity index (χ2v) is 6.85. The summed E-state index contributed by atoms with van der Waals surface area (Å²) in [6.45, 7) is 1.92. The Bertz CT molecular complexity index is 776. The van der Waals surface area contributed by atoms with Gasteiger partial charge in [-0.05, 0) is 49.9 Å². The number of hydrogen-bond acceptors (Lipinski definition) is 6. The number of nitrogens with zero attached hydrogens (tertiary/aromatic N) is 3. The maximum Gasteiger partial charge on any atom is 0.215 e. The first-order valence-corrected chi connectivity index (χ1v) is 8.94. The summed E-state index contributed by atoms with van der Waals surface area (Å²) in [4.78, 5) is 23.5. The lowest BCUT2D eigenvalue weighted by atomic mass is 10.0. The number of nitrogens with one attached hydrogen (secondary N) is 1. The number of carbonyl (C=O) groups is 1. The fourth-order valence-electron chi connectivity index (χ4n) is 3.33. The number of pyridine rings is 2. The molecule has 2 aliphatic rings. The van der Waals surface area contributed by atoms with Crippen LogP contribution in [0.5, 0.6) is 0 Å². The Balaban J connectivity index is 0.00000131. The molecule has 134 valence electrons. The molecular weight excluding hydrogens is 314 g/mol. The van der Waals surface area contributed by atoms with Gasteiger partial charge in [-0.1, -0.05) is 6.07 Å². The first-order valence-electron chi connectivity index (χ1n) is 8.94. The topological polar surface area (TPSA) is 84.1 Å². The molecule has 6 heteroatoms. The predicted octanol–water partition coefficient (Wildman–Crippen LogP) is 2.50. The zero-order chi connectivity index (χ0) is 17.2. The van der Waals surface area contributed by atoms with Gasteiger partial charge in [-0.2, -0.15) is 0 Å². The molecule has 0 spiro atoms. The average molecular weight is 341 g/mol. The third-order valence-electron chi connectivity index (χ3n) is 4.92. The van der Waals surface area contributed by atoms with Gasteiger partial charge in [0.2, 0.25) is 5.78 Å². The third kappa shape index (κ3) is 3.64. The minimum Gasteiger partial charge on any atom is -0.383 e. The van der Waals surface area contributed by atoms with Crippen molar-refractivity contribution in [1.82, 2.24) is 15.3 Å². The van der Waals surface area contributed by atoms with Crippen molar-refractivity contribution >= 4 is 17.4 Å². The molecule has 2 aromatic heterocycles. The zero-order valence-corrected chi connectivity index (χ0v) is 14.2. The molecule has 0 radical (unpaired) electrons. The molecule has 1 saturated heterocycles. The monoisotopic (exact) mass is 341 g/mol. The van der Waals surface area contributed by atoms with Crippen LogP contribution in [0.1, 0.15) is 44.6 Å². The Labute approximate surface area is 150 Å². The van der Waals surface area contributed by atoms with Crippen LogP contribution in [0.15, 0.2) is 36.5 Å². The van der Waals surface area contributed by atoms with Crippen molar-refractivity contribution in [3.63, 3.8) is 0 Å². The Morgan fingerprint density at radius 1 is 1.12 bits per heavy atom. The van der Waals surface area contributed by atoms with E-state index in [1.165, 1.54) is 12.8 Å². The highest BCUT2D eigenvalue weighted by Crippen LogP contribution is 2.24. The second kappa shape index (κ2) is 6.80. The Morgan fingerprint density at radius 3 is 2.60 bits per heavy atom. The Hall–Kier alpha value is -2.47. The number of rotatable bonds is 5. The zero-order valence-electron chi connectivity index (χ0n) is 14.2. The summed E-state index contributed by atoms with van der Waals surface area (Å²) in [6, 6.07) is 10.4. The summed E-state index contributed by atoms with van der Waals surface area (Å²) in [6.07, 6.45) is 6.46. The normalized spacial score (nSPS) is 18.3. The lowest BCUT2D eigenvalue weighted by Gasteiger charge is -2.33. The number of nitrogens with two attached hydrogens (primary N) is 1. The molecule has 4 rings (SSSR count). The van der Waals surface area contributed by atoms with Crippen molar-refractivity contribution in [3.05, 3.63) is 47.8 Å². The highest BCUT2D eigenvalue weighted by molar-refractivity contribution is 6.10. The fourth-order valence-corrected chi connectivity index (χ4v) is 3.33. The molecule has 0 unspecified atom stereocenters. The van der Waals surface area contributed by atoms with Gasteiger partial charge >= 0.3 is 0 Å². The minimum atomic E-state index is -0.183. The molecule has 0 atom stereocenters. The lowest BCUT2D eigenvalue weighted by molar-refractivity contribution is 0.103. The molecule has 0 bridgehead atoms. The first kappa shape index (κ1) is 16.0. The van der Waals surface area contributed by atoms with Crippen LogP contribution in [0.25, 0.3) is 0 Å². The summed E-state index contributed by atoms with van der Waals surface area (Å²) in [5, 5.41) is 3.70. The van der Waals surface area contributed by atoms with Crippen LogP contribution in [0, 0.1) is 0 Å². The molecule has 0 amide bonds. The average Bonchev–Trinajstić information content (AvgIpc) is 3.46. The highest BCUT2D eigenvalue weighted by atomic mass is 16.1. The molecule has 3 N–H and O–H groups in total. The molecule has 3 heterocycles. The summed E-state index contributed by atoms with van der Waals surface area (Å²) < 4.78 is 0. The molecule has 1 aliphatic heterocycles. The number of piperidine rings is 1. The third-order valence-corrected chi connectivity index (χ3v) is 4.92. The van der Waals surface area contributed by atoms with Crippen molar-refractivity contribution in [2.75, 3.05) is 23.7 Å². The Kier molecular flexibility index (Phi) is 4.36.